The van der Waals surface area contributed by atoms with Crippen LogP contribution in [0, 0.1) is 11.8 Å². The molecule has 1 aromatic carbocycles. The summed E-state index contributed by atoms with van der Waals surface area (Å²) < 4.78 is 5.26. The normalized spacial score (nSPS) is 16.9. The lowest BCUT2D eigenvalue weighted by Crippen LogP contribution is -2.32. The van der Waals surface area contributed by atoms with Crippen molar-refractivity contribution in [2.45, 2.75) is 26.2 Å². The van der Waals surface area contributed by atoms with Crippen LogP contribution in [0.2, 0.25) is 0 Å². The van der Waals surface area contributed by atoms with Gasteiger partial charge < -0.3 is 15.1 Å². The minimum atomic E-state index is 0.0865. The van der Waals surface area contributed by atoms with Gasteiger partial charge in [0.15, 0.2) is 12.2 Å². The summed E-state index contributed by atoms with van der Waals surface area (Å²) in [6.45, 7) is 4.32. The van der Waals surface area contributed by atoms with E-state index in [9.17, 15) is 4.79 Å². The van der Waals surface area contributed by atoms with Gasteiger partial charge in [-0.1, -0.05) is 6.92 Å². The first kappa shape index (κ1) is 15.7. The minimum Gasteiger partial charge on any atom is -0.444 e. The van der Waals surface area contributed by atoms with Gasteiger partial charge >= 0.3 is 0 Å². The predicted octanol–water partition coefficient (Wildman–Crippen LogP) is 3.31. The maximum Gasteiger partial charge on any atom is 0.224 e. The third-order valence-electron chi connectivity index (χ3n) is 4.58. The molecule has 1 atom stereocenters. The molecule has 1 aromatic heterocycles. The molecule has 23 heavy (non-hydrogen) atoms. The molecule has 0 saturated carbocycles. The molecule has 122 valence electrons. The van der Waals surface area contributed by atoms with Crippen LogP contribution in [0.1, 0.15) is 26.2 Å². The summed E-state index contributed by atoms with van der Waals surface area (Å²) in [6, 6.07) is 7.63. The van der Waals surface area contributed by atoms with E-state index < -0.39 is 0 Å². The van der Waals surface area contributed by atoms with Gasteiger partial charge in [-0.25, -0.2) is 4.98 Å². The van der Waals surface area contributed by atoms with Crippen molar-refractivity contribution >= 4 is 11.6 Å². The van der Waals surface area contributed by atoms with E-state index in [1.165, 1.54) is 19.2 Å². The average molecular weight is 313 g/mol. The van der Waals surface area contributed by atoms with Crippen LogP contribution in [0.3, 0.4) is 0 Å². The van der Waals surface area contributed by atoms with E-state index in [0.717, 1.165) is 30.1 Å². The second kappa shape index (κ2) is 7.42. The number of carbonyl (C=O) groups is 1. The van der Waals surface area contributed by atoms with Crippen LogP contribution in [0.25, 0.3) is 11.3 Å². The van der Waals surface area contributed by atoms with Gasteiger partial charge in [0, 0.05) is 17.7 Å². The molecule has 3 rings (SSSR count). The molecule has 1 saturated heterocycles. The Hall–Kier alpha value is -2.14. The van der Waals surface area contributed by atoms with E-state index in [1.54, 1.807) is 6.20 Å². The highest BCUT2D eigenvalue weighted by atomic mass is 16.3. The zero-order valence-corrected chi connectivity index (χ0v) is 13.4. The number of aromatic nitrogens is 1. The van der Waals surface area contributed by atoms with Gasteiger partial charge in [-0.2, -0.15) is 0 Å². The Bertz CT molecular complexity index is 616. The minimum absolute atomic E-state index is 0.0865. The Morgan fingerprint density at radius 3 is 2.74 bits per heavy atom. The summed E-state index contributed by atoms with van der Waals surface area (Å²) in [5.41, 5.74) is 1.76. The molecule has 2 N–H and O–H groups in total. The van der Waals surface area contributed by atoms with Crippen LogP contribution in [-0.2, 0) is 4.79 Å². The fraction of sp³-hybridized carbons (Fsp3) is 0.444. The van der Waals surface area contributed by atoms with Crippen molar-refractivity contribution in [3.8, 4) is 11.3 Å². The number of hydrogen-bond donors (Lipinski definition) is 2. The summed E-state index contributed by atoms with van der Waals surface area (Å²) in [5, 5.41) is 6.35. The van der Waals surface area contributed by atoms with Crippen molar-refractivity contribution in [3.05, 3.63) is 36.9 Å². The molecule has 0 radical (unpaired) electrons. The monoisotopic (exact) mass is 313 g/mol. The smallest absolute Gasteiger partial charge is 0.224 e. The molecule has 2 heterocycles. The van der Waals surface area contributed by atoms with Crippen LogP contribution in [0.15, 0.2) is 41.3 Å². The number of carbonyl (C=O) groups excluding carboxylic acids is 1. The predicted molar refractivity (Wildman–Crippen MR) is 89.9 cm³/mol. The van der Waals surface area contributed by atoms with Crippen molar-refractivity contribution in [1.29, 1.82) is 0 Å². The fourth-order valence-corrected chi connectivity index (χ4v) is 3.16. The summed E-state index contributed by atoms with van der Waals surface area (Å²) >= 11 is 0. The summed E-state index contributed by atoms with van der Waals surface area (Å²) in [5.74, 6) is 1.88. The standard InChI is InChI=1S/C18H23N3O2/c1-13(14-6-8-19-9-7-14)10-18(22)21-16-4-2-15(3-5-16)17-11-20-12-23-17/h2-5,11-14,19H,6-10H2,1H3,(H,21,22). The SMILES string of the molecule is CC(CC(=O)Nc1ccc(-c2cnco2)cc1)C1CCNCC1. The molecular formula is C18H23N3O2. The number of oxazole rings is 1. The molecule has 5 nitrogen and oxygen atoms in total. The third-order valence-corrected chi connectivity index (χ3v) is 4.58. The van der Waals surface area contributed by atoms with Gasteiger partial charge in [0.05, 0.1) is 6.20 Å². The van der Waals surface area contributed by atoms with E-state index in [2.05, 4.69) is 22.5 Å². The van der Waals surface area contributed by atoms with Crippen molar-refractivity contribution in [1.82, 2.24) is 10.3 Å². The highest BCUT2D eigenvalue weighted by molar-refractivity contribution is 5.91. The number of nitrogens with zero attached hydrogens (tertiary/aromatic N) is 1. The Kier molecular flexibility index (Phi) is 5.08. The molecule has 1 aliphatic heterocycles. The Balaban J connectivity index is 1.53. The molecule has 0 spiro atoms. The van der Waals surface area contributed by atoms with Gasteiger partial charge in [0.2, 0.25) is 5.91 Å². The maximum atomic E-state index is 12.2. The second-order valence-corrected chi connectivity index (χ2v) is 6.26. The molecule has 5 heteroatoms. The van der Waals surface area contributed by atoms with E-state index in [-0.39, 0.29) is 5.91 Å². The first-order valence-electron chi connectivity index (χ1n) is 8.22. The van der Waals surface area contributed by atoms with Crippen LogP contribution in [-0.4, -0.2) is 24.0 Å². The molecule has 1 amide bonds. The van der Waals surface area contributed by atoms with Gasteiger partial charge in [-0.15, -0.1) is 0 Å². The Morgan fingerprint density at radius 2 is 2.09 bits per heavy atom. The number of anilines is 1. The average Bonchev–Trinajstić information content (AvgIpc) is 3.11. The van der Waals surface area contributed by atoms with E-state index in [1.807, 2.05) is 24.3 Å². The van der Waals surface area contributed by atoms with Crippen LogP contribution in [0.5, 0.6) is 0 Å². The first-order valence-corrected chi connectivity index (χ1v) is 8.22. The third kappa shape index (κ3) is 4.20. The largest absolute Gasteiger partial charge is 0.444 e. The summed E-state index contributed by atoms with van der Waals surface area (Å²) in [4.78, 5) is 16.1. The molecule has 0 bridgehead atoms. The molecule has 0 aliphatic carbocycles. The molecule has 1 fully saturated rings. The van der Waals surface area contributed by atoms with Gasteiger partial charge in [-0.3, -0.25) is 4.79 Å². The van der Waals surface area contributed by atoms with Crippen LogP contribution < -0.4 is 10.6 Å². The van der Waals surface area contributed by atoms with E-state index in [0.29, 0.717) is 18.3 Å². The number of piperidine rings is 1. The van der Waals surface area contributed by atoms with Gasteiger partial charge in [0.25, 0.3) is 0 Å². The maximum absolute atomic E-state index is 12.2. The van der Waals surface area contributed by atoms with E-state index in [4.69, 9.17) is 4.42 Å². The van der Waals surface area contributed by atoms with Crippen LogP contribution in [0.4, 0.5) is 5.69 Å². The quantitative estimate of drug-likeness (QED) is 0.888. The van der Waals surface area contributed by atoms with Crippen molar-refractivity contribution in [3.63, 3.8) is 0 Å². The zero-order valence-electron chi connectivity index (χ0n) is 13.4. The lowest BCUT2D eigenvalue weighted by Gasteiger charge is -2.27. The van der Waals surface area contributed by atoms with Crippen molar-refractivity contribution in [2.24, 2.45) is 11.8 Å². The number of nitrogens with one attached hydrogen (secondary N) is 2. The highest BCUT2D eigenvalue weighted by Crippen LogP contribution is 2.25. The van der Waals surface area contributed by atoms with Crippen LogP contribution >= 0.6 is 0 Å². The topological polar surface area (TPSA) is 67.2 Å². The number of rotatable bonds is 5. The highest BCUT2D eigenvalue weighted by Gasteiger charge is 2.22. The lowest BCUT2D eigenvalue weighted by atomic mass is 9.84. The Morgan fingerprint density at radius 1 is 1.35 bits per heavy atom. The number of amides is 1. The molecular weight excluding hydrogens is 290 g/mol. The Labute approximate surface area is 136 Å². The van der Waals surface area contributed by atoms with E-state index >= 15 is 0 Å². The van der Waals surface area contributed by atoms with Gasteiger partial charge in [-0.05, 0) is 62.0 Å². The first-order chi connectivity index (χ1) is 11.2. The fourth-order valence-electron chi connectivity index (χ4n) is 3.16. The zero-order chi connectivity index (χ0) is 16.1. The summed E-state index contributed by atoms with van der Waals surface area (Å²) in [6.07, 6.45) is 6.00. The number of benzene rings is 1. The lowest BCUT2D eigenvalue weighted by molar-refractivity contribution is -0.117. The molecule has 1 unspecified atom stereocenters. The summed E-state index contributed by atoms with van der Waals surface area (Å²) in [7, 11) is 0. The van der Waals surface area contributed by atoms with Gasteiger partial charge in [0.1, 0.15) is 0 Å². The second-order valence-electron chi connectivity index (χ2n) is 6.26. The molecule has 1 aliphatic rings. The number of hydrogen-bond acceptors (Lipinski definition) is 4. The molecule has 2 aromatic rings. The van der Waals surface area contributed by atoms with Crippen molar-refractivity contribution < 1.29 is 9.21 Å². The van der Waals surface area contributed by atoms with Crippen molar-refractivity contribution in [2.75, 3.05) is 18.4 Å².